The van der Waals surface area contributed by atoms with Crippen LogP contribution in [-0.4, -0.2) is 12.7 Å². The Morgan fingerprint density at radius 1 is 1.32 bits per heavy atom. The van der Waals surface area contributed by atoms with Crippen molar-refractivity contribution in [2.24, 2.45) is 0 Å². The summed E-state index contributed by atoms with van der Waals surface area (Å²) in [6, 6.07) is 7.47. The summed E-state index contributed by atoms with van der Waals surface area (Å²) in [7, 11) is 0. The van der Waals surface area contributed by atoms with Crippen LogP contribution >= 0.6 is 36.2 Å². The van der Waals surface area contributed by atoms with Gasteiger partial charge in [0.1, 0.15) is 0 Å². The van der Waals surface area contributed by atoms with Crippen molar-refractivity contribution < 1.29 is 9.53 Å². The molecule has 0 unspecified atom stereocenters. The molecule has 4 N–H and O–H groups in total. The Labute approximate surface area is 146 Å². The molecule has 5 nitrogen and oxygen atoms in total. The zero-order valence-corrected chi connectivity index (χ0v) is 14.4. The van der Waals surface area contributed by atoms with Crippen molar-refractivity contribution in [3.05, 3.63) is 40.6 Å². The third-order valence-electron chi connectivity index (χ3n) is 2.64. The van der Waals surface area contributed by atoms with E-state index in [1.54, 1.807) is 30.4 Å². The number of nitrogens with one attached hydrogen (secondary N) is 2. The summed E-state index contributed by atoms with van der Waals surface area (Å²) in [6.07, 6.45) is -0.502. The van der Waals surface area contributed by atoms with Crippen LogP contribution in [0, 0.1) is 0 Å². The summed E-state index contributed by atoms with van der Waals surface area (Å²) in [5.74, 6) is 0. The van der Waals surface area contributed by atoms with Crippen molar-refractivity contribution in [1.29, 1.82) is 0 Å². The predicted octanol–water partition coefficient (Wildman–Crippen LogP) is 4.35. The molecule has 0 radical (unpaired) electrons. The zero-order valence-electron chi connectivity index (χ0n) is 12.0. The average molecular weight is 364 g/mol. The van der Waals surface area contributed by atoms with Crippen LogP contribution in [0.5, 0.6) is 0 Å². The molecule has 0 aliphatic carbocycles. The van der Waals surface area contributed by atoms with Crippen molar-refractivity contribution in [1.82, 2.24) is 0 Å². The molecule has 22 heavy (non-hydrogen) atoms. The first kappa shape index (κ1) is 20.4. The molecule has 0 saturated carbocycles. The van der Waals surface area contributed by atoms with Gasteiger partial charge in [-0.1, -0.05) is 0 Å². The number of nitrogens with two attached hydrogens (primary N) is 1. The number of benzene rings is 1. The lowest BCUT2D eigenvalue weighted by Gasteiger charge is -2.11. The number of carbonyl (C=O) groups excluding carboxylic acids is 1. The second-order valence-electron chi connectivity index (χ2n) is 4.13. The van der Waals surface area contributed by atoms with Gasteiger partial charge < -0.3 is 15.8 Å². The number of thiophene rings is 1. The van der Waals surface area contributed by atoms with E-state index < -0.39 is 6.09 Å². The van der Waals surface area contributed by atoms with E-state index in [-0.39, 0.29) is 24.8 Å². The van der Waals surface area contributed by atoms with Crippen LogP contribution in [0.1, 0.15) is 12.5 Å². The van der Waals surface area contributed by atoms with E-state index in [0.717, 1.165) is 12.2 Å². The number of ether oxygens (including phenoxy) is 1. The number of hydrogen-bond donors (Lipinski definition) is 3. The molecule has 0 atom stereocenters. The molecule has 1 heterocycles. The summed E-state index contributed by atoms with van der Waals surface area (Å²) in [5.41, 5.74) is 9.08. The van der Waals surface area contributed by atoms with Crippen LogP contribution in [0.2, 0.25) is 0 Å². The molecule has 1 aromatic carbocycles. The summed E-state index contributed by atoms with van der Waals surface area (Å²) in [5, 5.41) is 10.0. The number of carbonyl (C=O) groups is 1. The number of hydrogen-bond acceptors (Lipinski definition) is 5. The summed E-state index contributed by atoms with van der Waals surface area (Å²) >= 11 is 1.67. The SMILES string of the molecule is CCOC(=O)Nc1ccc(NCc2ccsc2)cc1N.Cl.Cl. The van der Waals surface area contributed by atoms with E-state index >= 15 is 0 Å². The van der Waals surface area contributed by atoms with E-state index in [0.29, 0.717) is 18.0 Å². The minimum atomic E-state index is -0.502. The molecule has 2 rings (SSSR count). The highest BCUT2D eigenvalue weighted by atomic mass is 35.5. The van der Waals surface area contributed by atoms with Gasteiger partial charge in [-0.25, -0.2) is 4.79 Å². The highest BCUT2D eigenvalue weighted by molar-refractivity contribution is 7.07. The van der Waals surface area contributed by atoms with E-state index in [4.69, 9.17) is 10.5 Å². The van der Waals surface area contributed by atoms with Gasteiger partial charge in [0, 0.05) is 12.2 Å². The van der Waals surface area contributed by atoms with Gasteiger partial charge in [-0.2, -0.15) is 11.3 Å². The molecule has 122 valence electrons. The molecule has 0 saturated heterocycles. The van der Waals surface area contributed by atoms with Crippen molar-refractivity contribution in [3.8, 4) is 0 Å². The lowest BCUT2D eigenvalue weighted by Crippen LogP contribution is -2.14. The van der Waals surface area contributed by atoms with Crippen LogP contribution in [0.4, 0.5) is 21.9 Å². The van der Waals surface area contributed by atoms with Gasteiger partial charge in [0.05, 0.1) is 18.0 Å². The highest BCUT2D eigenvalue weighted by Gasteiger charge is 2.06. The first-order valence-electron chi connectivity index (χ1n) is 6.27. The fourth-order valence-corrected chi connectivity index (χ4v) is 2.33. The normalized spacial score (nSPS) is 9.14. The lowest BCUT2D eigenvalue weighted by molar-refractivity contribution is 0.168. The first-order chi connectivity index (χ1) is 9.69. The molecule has 0 spiro atoms. The number of anilines is 3. The summed E-state index contributed by atoms with van der Waals surface area (Å²) in [6.45, 7) is 2.82. The van der Waals surface area contributed by atoms with Crippen LogP contribution in [-0.2, 0) is 11.3 Å². The maximum atomic E-state index is 11.3. The van der Waals surface area contributed by atoms with E-state index in [1.165, 1.54) is 5.56 Å². The molecular formula is C14H19Cl2N3O2S. The topological polar surface area (TPSA) is 76.4 Å². The zero-order chi connectivity index (χ0) is 14.4. The maximum absolute atomic E-state index is 11.3. The van der Waals surface area contributed by atoms with Crippen molar-refractivity contribution in [2.75, 3.05) is 23.0 Å². The van der Waals surface area contributed by atoms with Crippen LogP contribution < -0.4 is 16.4 Å². The molecule has 1 amide bonds. The molecule has 8 heteroatoms. The largest absolute Gasteiger partial charge is 0.450 e. The van der Waals surface area contributed by atoms with E-state index in [9.17, 15) is 4.79 Å². The molecule has 0 aliphatic rings. The third-order valence-corrected chi connectivity index (χ3v) is 3.37. The Morgan fingerprint density at radius 3 is 2.68 bits per heavy atom. The van der Waals surface area contributed by atoms with Gasteiger partial charge in [-0.05, 0) is 47.5 Å². The van der Waals surface area contributed by atoms with Gasteiger partial charge in [0.15, 0.2) is 0 Å². The fourth-order valence-electron chi connectivity index (χ4n) is 1.66. The van der Waals surface area contributed by atoms with Gasteiger partial charge in [0.25, 0.3) is 0 Å². The van der Waals surface area contributed by atoms with Crippen LogP contribution in [0.25, 0.3) is 0 Å². The monoisotopic (exact) mass is 363 g/mol. The second kappa shape index (κ2) is 10.2. The smallest absolute Gasteiger partial charge is 0.411 e. The maximum Gasteiger partial charge on any atom is 0.411 e. The van der Waals surface area contributed by atoms with Crippen molar-refractivity contribution in [2.45, 2.75) is 13.5 Å². The van der Waals surface area contributed by atoms with E-state index in [1.807, 2.05) is 11.4 Å². The minimum Gasteiger partial charge on any atom is -0.450 e. The van der Waals surface area contributed by atoms with Crippen LogP contribution in [0.15, 0.2) is 35.0 Å². The Kier molecular flexibility index (Phi) is 9.40. The Bertz CT molecular complexity index is 579. The predicted molar refractivity (Wildman–Crippen MR) is 97.6 cm³/mol. The summed E-state index contributed by atoms with van der Waals surface area (Å²) < 4.78 is 4.81. The van der Waals surface area contributed by atoms with Crippen molar-refractivity contribution >= 4 is 59.3 Å². The second-order valence-corrected chi connectivity index (χ2v) is 4.91. The molecule has 0 bridgehead atoms. The highest BCUT2D eigenvalue weighted by Crippen LogP contribution is 2.23. The molecular weight excluding hydrogens is 345 g/mol. The van der Waals surface area contributed by atoms with E-state index in [2.05, 4.69) is 22.1 Å². The van der Waals surface area contributed by atoms with Gasteiger partial charge in [-0.3, -0.25) is 5.32 Å². The molecule has 2 aromatic rings. The standard InChI is InChI=1S/C14H17N3O2S.2ClH/c1-2-19-14(18)17-13-4-3-11(7-12(13)15)16-8-10-5-6-20-9-10;;/h3-7,9,16H,2,8,15H2,1H3,(H,17,18);2*1H. The number of nitrogen functional groups attached to an aromatic ring is 1. The number of rotatable bonds is 5. The number of amides is 1. The molecule has 0 fully saturated rings. The van der Waals surface area contributed by atoms with Gasteiger partial charge in [0.2, 0.25) is 0 Å². The minimum absolute atomic E-state index is 0. The summed E-state index contributed by atoms with van der Waals surface area (Å²) in [4.78, 5) is 11.3. The molecule has 0 aliphatic heterocycles. The van der Waals surface area contributed by atoms with Crippen molar-refractivity contribution in [3.63, 3.8) is 0 Å². The molecule has 1 aromatic heterocycles. The van der Waals surface area contributed by atoms with Crippen LogP contribution in [0.3, 0.4) is 0 Å². The van der Waals surface area contributed by atoms with Gasteiger partial charge in [-0.15, -0.1) is 24.8 Å². The number of halogens is 2. The average Bonchev–Trinajstić information content (AvgIpc) is 2.93. The fraction of sp³-hybridized carbons (Fsp3) is 0.214. The Morgan fingerprint density at radius 2 is 2.09 bits per heavy atom. The quantitative estimate of drug-likeness (QED) is 0.690. The first-order valence-corrected chi connectivity index (χ1v) is 7.21. The van der Waals surface area contributed by atoms with Gasteiger partial charge >= 0.3 is 6.09 Å². The third kappa shape index (κ3) is 6.01. The Hall–Kier alpha value is -1.63. The Balaban J connectivity index is 0.00000220. The lowest BCUT2D eigenvalue weighted by atomic mass is 10.2.